The molecule has 0 aliphatic carbocycles. The standard InChI is InChI=1S/C21H28N4O3S/c1-4-12-24-19(17-10-6-7-11-18(17)27-3)22-25(21(24)29)15-23-13-8-9-16(14-23)20(26)28-5-2/h4,6-7,10-11,16H,1,5,8-9,12-15H2,2-3H3/p+1/t16-/m1/s1. The van der Waals surface area contributed by atoms with Gasteiger partial charge in [0.25, 0.3) is 0 Å². The number of carbonyl (C=O) groups is 1. The van der Waals surface area contributed by atoms with Gasteiger partial charge in [0.1, 0.15) is 11.7 Å². The molecule has 7 nitrogen and oxygen atoms in total. The highest BCUT2D eigenvalue weighted by Gasteiger charge is 2.30. The Morgan fingerprint density at radius 2 is 2.24 bits per heavy atom. The lowest BCUT2D eigenvalue weighted by Crippen LogP contribution is -3.13. The van der Waals surface area contributed by atoms with Gasteiger partial charge in [-0.25, -0.2) is 0 Å². The Kier molecular flexibility index (Phi) is 7.22. The molecule has 2 atom stereocenters. The maximum atomic E-state index is 12.2. The van der Waals surface area contributed by atoms with E-state index in [2.05, 4.69) is 6.58 Å². The molecule has 8 heteroatoms. The van der Waals surface area contributed by atoms with Gasteiger partial charge in [-0.2, -0.15) is 4.68 Å². The number of nitrogens with one attached hydrogen (secondary N) is 1. The van der Waals surface area contributed by atoms with Crippen molar-refractivity contribution in [2.45, 2.75) is 33.0 Å². The summed E-state index contributed by atoms with van der Waals surface area (Å²) in [5, 5.41) is 4.82. The van der Waals surface area contributed by atoms with Gasteiger partial charge in [-0.05, 0) is 44.1 Å². The summed E-state index contributed by atoms with van der Waals surface area (Å²) in [6.45, 7) is 9.01. The van der Waals surface area contributed by atoms with E-state index >= 15 is 0 Å². The van der Waals surface area contributed by atoms with Gasteiger partial charge >= 0.3 is 5.97 Å². The van der Waals surface area contributed by atoms with E-state index in [9.17, 15) is 4.79 Å². The molecule has 1 fully saturated rings. The molecule has 0 bridgehead atoms. The van der Waals surface area contributed by atoms with Crippen molar-refractivity contribution in [2.24, 2.45) is 5.92 Å². The molecule has 156 valence electrons. The first-order valence-corrected chi connectivity index (χ1v) is 10.4. The lowest BCUT2D eigenvalue weighted by atomic mass is 9.99. The smallest absolute Gasteiger partial charge is 0.314 e. The van der Waals surface area contributed by atoms with Crippen LogP contribution in [0.3, 0.4) is 0 Å². The maximum Gasteiger partial charge on any atom is 0.314 e. The van der Waals surface area contributed by atoms with Crippen molar-refractivity contribution in [1.82, 2.24) is 14.3 Å². The number of nitrogens with zero attached hydrogens (tertiary/aromatic N) is 3. The SMILES string of the molecule is C=CCn1c(-c2ccccc2OC)nn(C[NH+]2CCC[C@@H](C(=O)OCC)C2)c1=S. The van der Waals surface area contributed by atoms with Crippen LogP contribution in [0.5, 0.6) is 5.75 Å². The van der Waals surface area contributed by atoms with Gasteiger partial charge in [0.2, 0.25) is 4.77 Å². The summed E-state index contributed by atoms with van der Waals surface area (Å²) < 4.78 is 15.2. The van der Waals surface area contributed by atoms with Crippen LogP contribution in [-0.2, 0) is 22.7 Å². The van der Waals surface area contributed by atoms with Crippen molar-refractivity contribution in [2.75, 3.05) is 26.8 Å². The van der Waals surface area contributed by atoms with Gasteiger partial charge in [-0.3, -0.25) is 9.36 Å². The first-order chi connectivity index (χ1) is 14.1. The van der Waals surface area contributed by atoms with Crippen LogP contribution >= 0.6 is 12.2 Å². The fraction of sp³-hybridized carbons (Fsp3) is 0.476. The Morgan fingerprint density at radius 3 is 2.97 bits per heavy atom. The molecule has 3 rings (SSSR count). The van der Waals surface area contributed by atoms with Crippen molar-refractivity contribution < 1.29 is 19.2 Å². The number of hydrogen-bond acceptors (Lipinski definition) is 5. The summed E-state index contributed by atoms with van der Waals surface area (Å²) in [5.41, 5.74) is 0.889. The second-order valence-electron chi connectivity index (χ2n) is 7.16. The first kappa shape index (κ1) is 21.3. The third-order valence-electron chi connectivity index (χ3n) is 5.19. The molecule has 1 saturated heterocycles. The van der Waals surface area contributed by atoms with Crippen molar-refractivity contribution in [3.63, 3.8) is 0 Å². The van der Waals surface area contributed by atoms with Crippen molar-refractivity contribution in [1.29, 1.82) is 0 Å². The van der Waals surface area contributed by atoms with E-state index < -0.39 is 0 Å². The molecule has 0 radical (unpaired) electrons. The van der Waals surface area contributed by atoms with Crippen molar-refractivity contribution >= 4 is 18.2 Å². The molecule has 0 amide bonds. The lowest BCUT2D eigenvalue weighted by molar-refractivity contribution is -0.930. The van der Waals surface area contributed by atoms with Gasteiger partial charge in [0, 0.05) is 6.54 Å². The highest BCUT2D eigenvalue weighted by Crippen LogP contribution is 2.28. The fourth-order valence-electron chi connectivity index (χ4n) is 3.83. The highest BCUT2D eigenvalue weighted by atomic mass is 32.1. The Labute approximate surface area is 176 Å². The van der Waals surface area contributed by atoms with Crippen LogP contribution in [0.25, 0.3) is 11.4 Å². The number of esters is 1. The second kappa shape index (κ2) is 9.84. The summed E-state index contributed by atoms with van der Waals surface area (Å²) >= 11 is 5.72. The molecule has 1 N–H and O–H groups in total. The topological polar surface area (TPSA) is 62.7 Å². The number of quaternary nitrogens is 1. The van der Waals surface area contributed by atoms with Crippen LogP contribution in [-0.4, -0.2) is 47.1 Å². The zero-order valence-electron chi connectivity index (χ0n) is 17.1. The number of ether oxygens (including phenoxy) is 2. The van der Waals surface area contributed by atoms with Crippen molar-refractivity contribution in [3.05, 3.63) is 41.7 Å². The van der Waals surface area contributed by atoms with Gasteiger partial charge in [-0.15, -0.1) is 11.7 Å². The third-order valence-corrected chi connectivity index (χ3v) is 5.62. The number of allylic oxidation sites excluding steroid dienone is 1. The molecule has 1 aromatic carbocycles. The number of hydrogen-bond donors (Lipinski definition) is 1. The van der Waals surface area contributed by atoms with Crippen LogP contribution in [0, 0.1) is 10.7 Å². The van der Waals surface area contributed by atoms with E-state index in [-0.39, 0.29) is 11.9 Å². The van der Waals surface area contributed by atoms with E-state index in [1.54, 1.807) is 7.11 Å². The summed E-state index contributed by atoms with van der Waals surface area (Å²) in [5.74, 6) is 1.35. The Morgan fingerprint density at radius 1 is 1.45 bits per heavy atom. The summed E-state index contributed by atoms with van der Waals surface area (Å²) in [6, 6.07) is 7.77. The number of rotatable bonds is 8. The molecule has 0 spiro atoms. The quantitative estimate of drug-likeness (QED) is 0.405. The van der Waals surface area contributed by atoms with Gasteiger partial charge in [0.05, 0.1) is 32.4 Å². The van der Waals surface area contributed by atoms with E-state index in [0.29, 0.717) is 24.6 Å². The average molecular weight is 418 g/mol. The molecule has 2 aromatic rings. The number of methoxy groups -OCH3 is 1. The zero-order chi connectivity index (χ0) is 20.8. The average Bonchev–Trinajstić information content (AvgIpc) is 3.04. The second-order valence-corrected chi connectivity index (χ2v) is 7.52. The molecule has 1 aromatic heterocycles. The van der Waals surface area contributed by atoms with Crippen LogP contribution in [0.1, 0.15) is 19.8 Å². The Bertz CT molecular complexity index is 921. The molecule has 1 aliphatic heterocycles. The minimum absolute atomic E-state index is 0.0585. The van der Waals surface area contributed by atoms with Crippen LogP contribution in [0.4, 0.5) is 0 Å². The zero-order valence-corrected chi connectivity index (χ0v) is 17.9. The highest BCUT2D eigenvalue weighted by molar-refractivity contribution is 7.71. The van der Waals surface area contributed by atoms with E-state index in [1.807, 2.05) is 46.5 Å². The molecule has 1 aliphatic rings. The molecule has 1 unspecified atom stereocenters. The number of likely N-dealkylation sites (tertiary alicyclic amines) is 1. The largest absolute Gasteiger partial charge is 0.496 e. The van der Waals surface area contributed by atoms with Gasteiger partial charge < -0.3 is 14.4 Å². The van der Waals surface area contributed by atoms with Gasteiger partial charge in [0.15, 0.2) is 12.5 Å². The minimum Gasteiger partial charge on any atom is -0.496 e. The first-order valence-electron chi connectivity index (χ1n) is 10.0. The normalized spacial score (nSPS) is 19.0. The monoisotopic (exact) mass is 417 g/mol. The molecular formula is C21H29N4O3S+. The van der Waals surface area contributed by atoms with Crippen molar-refractivity contribution in [3.8, 4) is 17.1 Å². The van der Waals surface area contributed by atoms with Gasteiger partial charge in [-0.1, -0.05) is 18.2 Å². The van der Waals surface area contributed by atoms with Crippen LogP contribution in [0.2, 0.25) is 0 Å². The Hall–Kier alpha value is -2.45. The fourth-order valence-corrected chi connectivity index (χ4v) is 4.10. The molecular weight excluding hydrogens is 388 g/mol. The lowest BCUT2D eigenvalue weighted by Gasteiger charge is -2.28. The molecule has 2 heterocycles. The molecule has 29 heavy (non-hydrogen) atoms. The Balaban J connectivity index is 1.88. The third kappa shape index (κ3) is 4.76. The van der Waals surface area contributed by atoms with Crippen LogP contribution < -0.4 is 9.64 Å². The summed E-state index contributed by atoms with van der Waals surface area (Å²) in [6.07, 6.45) is 3.68. The number of benzene rings is 1. The van der Waals surface area contributed by atoms with E-state index in [1.165, 1.54) is 4.90 Å². The number of carbonyl (C=O) groups excluding carboxylic acids is 1. The number of piperidine rings is 1. The van der Waals surface area contributed by atoms with E-state index in [4.69, 9.17) is 26.8 Å². The summed E-state index contributed by atoms with van der Waals surface area (Å²) in [4.78, 5) is 13.4. The maximum absolute atomic E-state index is 12.2. The molecule has 0 saturated carbocycles. The van der Waals surface area contributed by atoms with Crippen LogP contribution in [0.15, 0.2) is 36.9 Å². The minimum atomic E-state index is -0.0970. The number of aromatic nitrogens is 3. The predicted molar refractivity (Wildman–Crippen MR) is 113 cm³/mol. The predicted octanol–water partition coefficient (Wildman–Crippen LogP) is 2.09. The summed E-state index contributed by atoms with van der Waals surface area (Å²) in [7, 11) is 1.65. The van der Waals surface area contributed by atoms with E-state index in [0.717, 1.165) is 43.1 Å². The number of para-hydroxylation sites is 1.